The highest BCUT2D eigenvalue weighted by molar-refractivity contribution is 5.97. The summed E-state index contributed by atoms with van der Waals surface area (Å²) in [5, 5.41) is 5.77. The Bertz CT molecular complexity index is 1600. The number of pyridine rings is 2. The summed E-state index contributed by atoms with van der Waals surface area (Å²) < 4.78 is 7.60. The third-order valence-electron chi connectivity index (χ3n) is 6.30. The molecule has 1 atom stereocenters. The van der Waals surface area contributed by atoms with E-state index in [1.54, 1.807) is 32.0 Å². The van der Waals surface area contributed by atoms with E-state index in [0.29, 0.717) is 28.5 Å². The normalized spacial score (nSPS) is 13.4. The molecular formula is C28H26N6O3. The highest BCUT2D eigenvalue weighted by Crippen LogP contribution is 2.32. The van der Waals surface area contributed by atoms with E-state index in [4.69, 9.17) is 9.72 Å². The first-order valence-electron chi connectivity index (χ1n) is 11.8. The van der Waals surface area contributed by atoms with Crippen LogP contribution in [0.25, 0.3) is 16.9 Å². The molecule has 0 bridgehead atoms. The largest absolute Gasteiger partial charge is 0.482 e. The second-order valence-corrected chi connectivity index (χ2v) is 8.74. The Morgan fingerprint density at radius 2 is 1.97 bits per heavy atom. The Morgan fingerprint density at radius 3 is 2.78 bits per heavy atom. The Kier molecular flexibility index (Phi) is 6.34. The number of benzene rings is 1. The maximum absolute atomic E-state index is 12.5. The van der Waals surface area contributed by atoms with Crippen molar-refractivity contribution in [2.24, 2.45) is 0 Å². The van der Waals surface area contributed by atoms with Gasteiger partial charge in [0.25, 0.3) is 5.91 Å². The number of rotatable bonds is 4. The number of nitrogens with one attached hydrogen (secondary N) is 2. The number of likely N-dealkylation sites (N-methyl/N-ethyl adjacent to an activating group) is 2. The lowest BCUT2D eigenvalue weighted by Gasteiger charge is -2.25. The van der Waals surface area contributed by atoms with Crippen molar-refractivity contribution >= 4 is 29.0 Å². The predicted octanol–water partition coefficient (Wildman–Crippen LogP) is 3.01. The van der Waals surface area contributed by atoms with E-state index in [9.17, 15) is 9.59 Å². The van der Waals surface area contributed by atoms with Crippen LogP contribution in [0.15, 0.2) is 54.7 Å². The van der Waals surface area contributed by atoms with Gasteiger partial charge in [-0.1, -0.05) is 12.0 Å². The minimum absolute atomic E-state index is 0.00751. The van der Waals surface area contributed by atoms with Gasteiger partial charge >= 0.3 is 0 Å². The van der Waals surface area contributed by atoms with Gasteiger partial charge in [-0.2, -0.15) is 0 Å². The van der Waals surface area contributed by atoms with E-state index in [0.717, 1.165) is 22.6 Å². The average Bonchev–Trinajstić information content (AvgIpc) is 3.24. The first-order valence-corrected chi connectivity index (χ1v) is 11.8. The molecule has 0 spiro atoms. The van der Waals surface area contributed by atoms with Crippen LogP contribution in [0.3, 0.4) is 0 Å². The predicted molar refractivity (Wildman–Crippen MR) is 142 cm³/mol. The molecule has 2 amide bonds. The van der Waals surface area contributed by atoms with E-state index in [1.807, 2.05) is 60.0 Å². The summed E-state index contributed by atoms with van der Waals surface area (Å²) in [5.41, 5.74) is 5.24. The van der Waals surface area contributed by atoms with Crippen molar-refractivity contribution < 1.29 is 14.3 Å². The fourth-order valence-corrected chi connectivity index (χ4v) is 4.11. The number of fused-ring (bicyclic) bond motifs is 2. The molecule has 1 unspecified atom stereocenters. The van der Waals surface area contributed by atoms with E-state index in [1.165, 1.54) is 0 Å². The summed E-state index contributed by atoms with van der Waals surface area (Å²) in [4.78, 5) is 35.3. The first kappa shape index (κ1) is 24.0. The van der Waals surface area contributed by atoms with Gasteiger partial charge in [0.2, 0.25) is 5.91 Å². The molecule has 4 heterocycles. The number of nitrogens with zero attached hydrogens (tertiary/aromatic N) is 4. The van der Waals surface area contributed by atoms with Gasteiger partial charge in [0, 0.05) is 24.4 Å². The Labute approximate surface area is 214 Å². The monoisotopic (exact) mass is 494 g/mol. The van der Waals surface area contributed by atoms with Gasteiger partial charge < -0.3 is 20.3 Å². The van der Waals surface area contributed by atoms with Gasteiger partial charge in [-0.25, -0.2) is 9.97 Å². The molecule has 0 radical (unpaired) electrons. The smallest absolute Gasteiger partial charge is 0.264 e. The molecule has 1 aliphatic rings. The average molecular weight is 495 g/mol. The summed E-state index contributed by atoms with van der Waals surface area (Å²) in [7, 11) is 3.44. The lowest BCUT2D eigenvalue weighted by Crippen LogP contribution is -2.35. The van der Waals surface area contributed by atoms with Crippen LogP contribution in [-0.4, -0.2) is 52.9 Å². The first-order chi connectivity index (χ1) is 17.9. The van der Waals surface area contributed by atoms with Crippen molar-refractivity contribution in [1.29, 1.82) is 0 Å². The lowest BCUT2D eigenvalue weighted by atomic mass is 10.1. The van der Waals surface area contributed by atoms with E-state index in [-0.39, 0.29) is 24.5 Å². The second-order valence-electron chi connectivity index (χ2n) is 8.74. The van der Waals surface area contributed by atoms with E-state index < -0.39 is 0 Å². The zero-order valence-electron chi connectivity index (χ0n) is 21.0. The topological polar surface area (TPSA) is 101 Å². The summed E-state index contributed by atoms with van der Waals surface area (Å²) in [6.45, 7) is 3.71. The van der Waals surface area contributed by atoms with Crippen molar-refractivity contribution in [1.82, 2.24) is 19.7 Å². The molecule has 1 aromatic carbocycles. The lowest BCUT2D eigenvalue weighted by molar-refractivity contribution is -0.121. The molecule has 0 saturated carbocycles. The van der Waals surface area contributed by atoms with Crippen molar-refractivity contribution in [3.8, 4) is 28.8 Å². The minimum atomic E-state index is -0.377. The van der Waals surface area contributed by atoms with Gasteiger partial charge in [-0.15, -0.1) is 0 Å². The van der Waals surface area contributed by atoms with Gasteiger partial charge in [-0.3, -0.25) is 14.0 Å². The van der Waals surface area contributed by atoms with Crippen LogP contribution in [0.4, 0.5) is 11.5 Å². The van der Waals surface area contributed by atoms with Crippen LogP contribution in [-0.2, 0) is 9.59 Å². The fraction of sp³-hybridized carbons (Fsp3) is 0.214. The summed E-state index contributed by atoms with van der Waals surface area (Å²) >= 11 is 0. The third-order valence-corrected chi connectivity index (χ3v) is 6.30. The molecule has 2 N–H and O–H groups in total. The van der Waals surface area contributed by atoms with Crippen LogP contribution >= 0.6 is 0 Å². The fourth-order valence-electron chi connectivity index (χ4n) is 4.11. The van der Waals surface area contributed by atoms with Crippen LogP contribution < -0.4 is 20.3 Å². The molecule has 186 valence electrons. The Hall–Kier alpha value is -4.68. The van der Waals surface area contributed by atoms with Gasteiger partial charge in [0.05, 0.1) is 23.1 Å². The maximum atomic E-state index is 12.5. The molecular weight excluding hydrogens is 468 g/mol. The number of carbonyl (C=O) groups is 2. The van der Waals surface area contributed by atoms with Gasteiger partial charge in [0.1, 0.15) is 22.9 Å². The van der Waals surface area contributed by atoms with Gasteiger partial charge in [0.15, 0.2) is 6.61 Å². The summed E-state index contributed by atoms with van der Waals surface area (Å²) in [6.07, 6.45) is 1.95. The quantitative estimate of drug-likeness (QED) is 0.423. The molecule has 0 fully saturated rings. The van der Waals surface area contributed by atoms with Crippen molar-refractivity contribution in [2.75, 3.05) is 30.9 Å². The number of carbonyl (C=O) groups excluding carboxylic acids is 2. The molecule has 37 heavy (non-hydrogen) atoms. The Morgan fingerprint density at radius 1 is 1.14 bits per heavy atom. The van der Waals surface area contributed by atoms with E-state index >= 15 is 0 Å². The molecule has 0 aliphatic carbocycles. The number of imidazole rings is 1. The number of hydrogen-bond acceptors (Lipinski definition) is 6. The molecule has 1 aliphatic heterocycles. The van der Waals surface area contributed by atoms with Crippen LogP contribution in [0, 0.1) is 18.8 Å². The summed E-state index contributed by atoms with van der Waals surface area (Å²) in [6, 6.07) is 14.6. The van der Waals surface area contributed by atoms with Crippen LogP contribution in [0.1, 0.15) is 23.9 Å². The van der Waals surface area contributed by atoms with Crippen LogP contribution in [0.2, 0.25) is 0 Å². The van der Waals surface area contributed by atoms with Crippen LogP contribution in [0.5, 0.6) is 5.75 Å². The molecule has 0 saturated heterocycles. The van der Waals surface area contributed by atoms with Gasteiger partial charge in [-0.05, 0) is 69.3 Å². The van der Waals surface area contributed by atoms with Crippen molar-refractivity contribution in [2.45, 2.75) is 19.9 Å². The number of hydrogen-bond donors (Lipinski definition) is 2. The standard InChI is InChI=1S/C28H26N6O3/c1-17-27(34-14-6-5-7-25(34)30-17)20-10-13-24(32-28(36)18(2)29-3)31-21(20)11-8-19-9-12-22-23(15-19)37-16-26(35)33(22)4/h5-7,9-10,12-15,18,29H,16H2,1-4H3,(H,31,32,36). The molecule has 5 rings (SSSR count). The SMILES string of the molecule is CNC(C)C(=O)Nc1ccc(-c2c(C)nc3ccccn23)c(C#Cc2ccc3c(c2)OCC(=O)N3C)n1. The zero-order valence-corrected chi connectivity index (χ0v) is 21.0. The Balaban J connectivity index is 1.59. The van der Waals surface area contributed by atoms with E-state index in [2.05, 4.69) is 27.5 Å². The molecule has 3 aromatic heterocycles. The van der Waals surface area contributed by atoms with Crippen molar-refractivity contribution in [3.63, 3.8) is 0 Å². The number of amides is 2. The number of aryl methyl sites for hydroxylation is 1. The molecule has 9 heteroatoms. The molecule has 9 nitrogen and oxygen atoms in total. The zero-order chi connectivity index (χ0) is 26.1. The highest BCUT2D eigenvalue weighted by Gasteiger charge is 2.22. The highest BCUT2D eigenvalue weighted by atomic mass is 16.5. The maximum Gasteiger partial charge on any atom is 0.264 e. The number of aromatic nitrogens is 3. The number of ether oxygens (including phenoxy) is 1. The minimum Gasteiger partial charge on any atom is -0.482 e. The second kappa shape index (κ2) is 9.76. The molecule has 4 aromatic rings. The number of anilines is 2. The third kappa shape index (κ3) is 4.62. The van der Waals surface area contributed by atoms with Crippen molar-refractivity contribution in [3.05, 3.63) is 71.7 Å². The summed E-state index contributed by atoms with van der Waals surface area (Å²) in [5.74, 6) is 7.06.